The molecule has 0 aromatic carbocycles. The van der Waals surface area contributed by atoms with Crippen LogP contribution in [0, 0.1) is 5.92 Å². The van der Waals surface area contributed by atoms with E-state index < -0.39 is 0 Å². The highest BCUT2D eigenvalue weighted by molar-refractivity contribution is 5.77. The van der Waals surface area contributed by atoms with E-state index in [-0.39, 0.29) is 12.3 Å². The molecule has 1 saturated heterocycles. The zero-order chi connectivity index (χ0) is 12.8. The Bertz CT molecular complexity index is 383. The van der Waals surface area contributed by atoms with Crippen molar-refractivity contribution in [1.82, 2.24) is 20.8 Å². The van der Waals surface area contributed by atoms with E-state index in [1.165, 1.54) is 12.8 Å². The number of hydrogen-bond donors (Lipinski definition) is 2. The summed E-state index contributed by atoms with van der Waals surface area (Å²) >= 11 is 0. The summed E-state index contributed by atoms with van der Waals surface area (Å²) in [6.07, 6.45) is 4.55. The van der Waals surface area contributed by atoms with Gasteiger partial charge in [-0.2, -0.15) is 4.98 Å². The third-order valence-electron chi connectivity index (χ3n) is 3.27. The Morgan fingerprint density at radius 2 is 2.39 bits per heavy atom. The standard InChI is InChI=1S/C12H20N4O2/c1-13-11(17)8-10-15-12(18-16-10)7-9-3-2-5-14-6-4-9/h9,14H,2-8H2,1H3,(H,13,17). The number of aromatic nitrogens is 2. The molecule has 1 atom stereocenters. The van der Waals surface area contributed by atoms with Gasteiger partial charge in [-0.15, -0.1) is 0 Å². The fraction of sp³-hybridized carbons (Fsp3) is 0.750. The van der Waals surface area contributed by atoms with Gasteiger partial charge in [-0.05, 0) is 38.3 Å². The lowest BCUT2D eigenvalue weighted by atomic mass is 9.97. The highest BCUT2D eigenvalue weighted by Gasteiger charge is 2.17. The number of hydrogen-bond acceptors (Lipinski definition) is 5. The fourth-order valence-electron chi connectivity index (χ4n) is 2.22. The van der Waals surface area contributed by atoms with E-state index in [4.69, 9.17) is 4.52 Å². The third kappa shape index (κ3) is 3.80. The molecule has 1 aliphatic heterocycles. The first-order valence-corrected chi connectivity index (χ1v) is 6.50. The molecule has 6 heteroatoms. The molecule has 18 heavy (non-hydrogen) atoms. The molecule has 1 aliphatic rings. The highest BCUT2D eigenvalue weighted by atomic mass is 16.5. The number of likely N-dealkylation sites (N-methyl/N-ethyl adjacent to an activating group) is 1. The van der Waals surface area contributed by atoms with Gasteiger partial charge in [-0.25, -0.2) is 0 Å². The van der Waals surface area contributed by atoms with E-state index in [1.807, 2.05) is 0 Å². The smallest absolute Gasteiger partial charge is 0.227 e. The lowest BCUT2D eigenvalue weighted by Crippen LogP contribution is -2.20. The normalized spacial score (nSPS) is 20.4. The lowest BCUT2D eigenvalue weighted by molar-refractivity contribution is -0.120. The van der Waals surface area contributed by atoms with Crippen molar-refractivity contribution in [1.29, 1.82) is 0 Å². The maximum Gasteiger partial charge on any atom is 0.227 e. The highest BCUT2D eigenvalue weighted by Crippen LogP contribution is 2.18. The summed E-state index contributed by atoms with van der Waals surface area (Å²) in [6.45, 7) is 2.16. The third-order valence-corrected chi connectivity index (χ3v) is 3.27. The number of carbonyl (C=O) groups excluding carboxylic acids is 1. The van der Waals surface area contributed by atoms with Crippen molar-refractivity contribution in [2.75, 3.05) is 20.1 Å². The summed E-state index contributed by atoms with van der Waals surface area (Å²) in [5.74, 6) is 1.63. The molecule has 2 heterocycles. The Morgan fingerprint density at radius 3 is 3.22 bits per heavy atom. The lowest BCUT2D eigenvalue weighted by Gasteiger charge is -2.09. The van der Waals surface area contributed by atoms with E-state index >= 15 is 0 Å². The van der Waals surface area contributed by atoms with E-state index in [0.29, 0.717) is 17.6 Å². The molecule has 0 saturated carbocycles. The number of carbonyl (C=O) groups is 1. The molecular weight excluding hydrogens is 232 g/mol. The van der Waals surface area contributed by atoms with Gasteiger partial charge in [-0.1, -0.05) is 5.16 Å². The van der Waals surface area contributed by atoms with Gasteiger partial charge in [0.05, 0.1) is 6.42 Å². The van der Waals surface area contributed by atoms with Crippen LogP contribution in [0.4, 0.5) is 0 Å². The van der Waals surface area contributed by atoms with Crippen LogP contribution in [0.1, 0.15) is 31.0 Å². The minimum absolute atomic E-state index is 0.0963. The molecule has 0 radical (unpaired) electrons. The first-order chi connectivity index (χ1) is 8.78. The summed E-state index contributed by atoms with van der Waals surface area (Å²) in [5, 5.41) is 9.76. The summed E-state index contributed by atoms with van der Waals surface area (Å²) < 4.78 is 5.19. The summed E-state index contributed by atoms with van der Waals surface area (Å²) in [7, 11) is 1.60. The maximum absolute atomic E-state index is 11.2. The van der Waals surface area contributed by atoms with Crippen molar-refractivity contribution in [2.24, 2.45) is 5.92 Å². The maximum atomic E-state index is 11.2. The average molecular weight is 252 g/mol. The molecule has 0 bridgehead atoms. The van der Waals surface area contributed by atoms with Crippen molar-refractivity contribution in [3.63, 3.8) is 0 Å². The van der Waals surface area contributed by atoms with Gasteiger partial charge in [0.1, 0.15) is 0 Å². The average Bonchev–Trinajstić information content (AvgIpc) is 2.63. The second kappa shape index (κ2) is 6.49. The molecule has 1 aromatic heterocycles. The van der Waals surface area contributed by atoms with Crippen LogP contribution in [0.15, 0.2) is 4.52 Å². The summed E-state index contributed by atoms with van der Waals surface area (Å²) in [5.41, 5.74) is 0. The Balaban J connectivity index is 1.87. The molecule has 1 fully saturated rings. The number of nitrogens with one attached hydrogen (secondary N) is 2. The van der Waals surface area contributed by atoms with E-state index in [9.17, 15) is 4.79 Å². The van der Waals surface area contributed by atoms with Crippen molar-refractivity contribution >= 4 is 5.91 Å². The Morgan fingerprint density at radius 1 is 1.50 bits per heavy atom. The molecule has 2 rings (SSSR count). The monoisotopic (exact) mass is 252 g/mol. The zero-order valence-electron chi connectivity index (χ0n) is 10.7. The first kappa shape index (κ1) is 13.0. The van der Waals surface area contributed by atoms with Crippen LogP contribution in [0.2, 0.25) is 0 Å². The fourth-order valence-corrected chi connectivity index (χ4v) is 2.22. The van der Waals surface area contributed by atoms with Crippen LogP contribution in [-0.4, -0.2) is 36.2 Å². The van der Waals surface area contributed by atoms with E-state index in [2.05, 4.69) is 20.8 Å². The van der Waals surface area contributed by atoms with Crippen LogP contribution >= 0.6 is 0 Å². The van der Waals surface area contributed by atoms with Crippen LogP contribution in [0.5, 0.6) is 0 Å². The Hall–Kier alpha value is -1.43. The molecule has 2 N–H and O–H groups in total. The SMILES string of the molecule is CNC(=O)Cc1noc(CC2CCCNCC2)n1. The molecule has 100 valence electrons. The molecule has 0 spiro atoms. The molecule has 1 amide bonds. The van der Waals surface area contributed by atoms with Gasteiger partial charge in [-0.3, -0.25) is 4.79 Å². The van der Waals surface area contributed by atoms with Crippen molar-refractivity contribution < 1.29 is 9.32 Å². The van der Waals surface area contributed by atoms with Gasteiger partial charge >= 0.3 is 0 Å². The summed E-state index contributed by atoms with van der Waals surface area (Å²) in [6, 6.07) is 0. The quantitative estimate of drug-likeness (QED) is 0.805. The van der Waals surface area contributed by atoms with Crippen LogP contribution in [0.3, 0.4) is 0 Å². The van der Waals surface area contributed by atoms with Gasteiger partial charge in [0.15, 0.2) is 5.82 Å². The predicted molar refractivity (Wildman–Crippen MR) is 66.0 cm³/mol. The molecule has 1 unspecified atom stereocenters. The van der Waals surface area contributed by atoms with Gasteiger partial charge in [0.2, 0.25) is 11.8 Å². The number of nitrogens with zero attached hydrogens (tertiary/aromatic N) is 2. The van der Waals surface area contributed by atoms with Gasteiger partial charge in [0.25, 0.3) is 0 Å². The largest absolute Gasteiger partial charge is 0.359 e. The van der Waals surface area contributed by atoms with Crippen molar-refractivity contribution in [2.45, 2.75) is 32.1 Å². The number of amides is 1. The second-order valence-corrected chi connectivity index (χ2v) is 4.71. The molecule has 1 aromatic rings. The topological polar surface area (TPSA) is 80.0 Å². The predicted octanol–water partition coefficient (Wildman–Crippen LogP) is 0.290. The van der Waals surface area contributed by atoms with Gasteiger partial charge in [0, 0.05) is 13.5 Å². The minimum atomic E-state index is -0.0963. The van der Waals surface area contributed by atoms with Crippen molar-refractivity contribution in [3.05, 3.63) is 11.7 Å². The zero-order valence-corrected chi connectivity index (χ0v) is 10.7. The van der Waals surface area contributed by atoms with Gasteiger partial charge < -0.3 is 15.2 Å². The molecule has 0 aliphatic carbocycles. The Labute approximate surface area is 107 Å². The molecule has 6 nitrogen and oxygen atoms in total. The van der Waals surface area contributed by atoms with E-state index in [1.54, 1.807) is 7.05 Å². The van der Waals surface area contributed by atoms with E-state index in [0.717, 1.165) is 25.9 Å². The Kier molecular flexibility index (Phi) is 4.69. The van der Waals surface area contributed by atoms with Crippen molar-refractivity contribution in [3.8, 4) is 0 Å². The number of rotatable bonds is 4. The second-order valence-electron chi connectivity index (χ2n) is 4.71. The van der Waals surface area contributed by atoms with Crippen LogP contribution < -0.4 is 10.6 Å². The summed E-state index contributed by atoms with van der Waals surface area (Å²) in [4.78, 5) is 15.4. The first-order valence-electron chi connectivity index (χ1n) is 6.50. The minimum Gasteiger partial charge on any atom is -0.359 e. The van der Waals surface area contributed by atoms with Crippen LogP contribution in [0.25, 0.3) is 0 Å². The molecular formula is C12H20N4O2. The van der Waals surface area contributed by atoms with Crippen LogP contribution in [-0.2, 0) is 17.6 Å².